The zero-order valence-corrected chi connectivity index (χ0v) is 17.0. The van der Waals surface area contributed by atoms with Gasteiger partial charge in [-0.1, -0.05) is 30.3 Å². The number of ketones is 1. The summed E-state index contributed by atoms with van der Waals surface area (Å²) in [5.74, 6) is 2.89. The lowest BCUT2D eigenvalue weighted by atomic mass is 10.1. The average molecular weight is 412 g/mol. The number of carbonyl (C=O) groups is 1. The van der Waals surface area contributed by atoms with Crippen LogP contribution in [0.5, 0.6) is 23.0 Å². The highest BCUT2D eigenvalue weighted by atomic mass is 16.5. The van der Waals surface area contributed by atoms with E-state index in [4.69, 9.17) is 18.9 Å². The SMILES string of the molecule is COc1cccc(COc2ccc3c(c2)OC(=CC2=Cc4ccccc4OC2)C3=O)c1. The Bertz CT molecular complexity index is 1220. The second kappa shape index (κ2) is 8.03. The number of allylic oxidation sites excluding steroid dienone is 1. The molecule has 5 nitrogen and oxygen atoms in total. The average Bonchev–Trinajstić information content (AvgIpc) is 3.12. The number of benzene rings is 3. The van der Waals surface area contributed by atoms with Gasteiger partial charge in [-0.05, 0) is 53.6 Å². The van der Waals surface area contributed by atoms with Gasteiger partial charge in [0.2, 0.25) is 5.78 Å². The third-order valence-corrected chi connectivity index (χ3v) is 5.15. The van der Waals surface area contributed by atoms with Gasteiger partial charge in [-0.25, -0.2) is 0 Å². The Morgan fingerprint density at radius 2 is 1.87 bits per heavy atom. The van der Waals surface area contributed by atoms with Crippen LogP contribution in [-0.2, 0) is 6.61 Å². The van der Waals surface area contributed by atoms with Crippen LogP contribution in [0.1, 0.15) is 21.5 Å². The molecule has 3 aromatic carbocycles. The molecule has 0 aliphatic carbocycles. The lowest BCUT2D eigenvalue weighted by molar-refractivity contribution is 0.101. The first-order chi connectivity index (χ1) is 15.2. The fourth-order valence-corrected chi connectivity index (χ4v) is 3.57. The molecule has 5 heteroatoms. The van der Waals surface area contributed by atoms with Crippen LogP contribution >= 0.6 is 0 Å². The second-order valence-electron chi connectivity index (χ2n) is 7.28. The van der Waals surface area contributed by atoms with Crippen LogP contribution in [0.2, 0.25) is 0 Å². The molecule has 0 amide bonds. The van der Waals surface area contributed by atoms with Crippen molar-refractivity contribution in [1.82, 2.24) is 0 Å². The van der Waals surface area contributed by atoms with E-state index in [9.17, 15) is 4.79 Å². The van der Waals surface area contributed by atoms with Gasteiger partial charge in [0.25, 0.3) is 0 Å². The lowest BCUT2D eigenvalue weighted by Gasteiger charge is -2.15. The van der Waals surface area contributed by atoms with Crippen molar-refractivity contribution in [3.05, 3.63) is 101 Å². The minimum absolute atomic E-state index is 0.144. The van der Waals surface area contributed by atoms with Gasteiger partial charge < -0.3 is 18.9 Å². The summed E-state index contributed by atoms with van der Waals surface area (Å²) in [7, 11) is 1.63. The van der Waals surface area contributed by atoms with E-state index >= 15 is 0 Å². The van der Waals surface area contributed by atoms with E-state index in [1.807, 2.05) is 54.6 Å². The quantitative estimate of drug-likeness (QED) is 0.539. The van der Waals surface area contributed by atoms with Crippen LogP contribution in [0.4, 0.5) is 0 Å². The molecule has 5 rings (SSSR count). The molecule has 154 valence electrons. The van der Waals surface area contributed by atoms with Crippen molar-refractivity contribution in [1.29, 1.82) is 0 Å². The van der Waals surface area contributed by atoms with Gasteiger partial charge >= 0.3 is 0 Å². The van der Waals surface area contributed by atoms with Crippen LogP contribution in [0.3, 0.4) is 0 Å². The van der Waals surface area contributed by atoms with Crippen molar-refractivity contribution in [2.75, 3.05) is 13.7 Å². The summed E-state index contributed by atoms with van der Waals surface area (Å²) < 4.78 is 22.7. The molecule has 0 bridgehead atoms. The van der Waals surface area contributed by atoms with Crippen molar-refractivity contribution in [3.8, 4) is 23.0 Å². The van der Waals surface area contributed by atoms with Gasteiger partial charge in [0.05, 0.1) is 12.7 Å². The largest absolute Gasteiger partial charge is 0.497 e. The zero-order chi connectivity index (χ0) is 21.2. The van der Waals surface area contributed by atoms with E-state index in [1.165, 1.54) is 0 Å². The fraction of sp³-hybridized carbons (Fsp3) is 0.115. The molecule has 3 aromatic rings. The van der Waals surface area contributed by atoms with Crippen LogP contribution in [0.25, 0.3) is 6.08 Å². The Morgan fingerprint density at radius 1 is 0.968 bits per heavy atom. The van der Waals surface area contributed by atoms with Crippen molar-refractivity contribution >= 4 is 11.9 Å². The molecule has 0 saturated carbocycles. The molecular formula is C26H20O5. The third-order valence-electron chi connectivity index (χ3n) is 5.15. The first-order valence-corrected chi connectivity index (χ1v) is 9.96. The maximum atomic E-state index is 12.8. The van der Waals surface area contributed by atoms with E-state index < -0.39 is 0 Å². The summed E-state index contributed by atoms with van der Waals surface area (Å²) in [6.45, 7) is 0.776. The van der Waals surface area contributed by atoms with Crippen LogP contribution in [0.15, 0.2) is 84.1 Å². The maximum absolute atomic E-state index is 12.8. The topological polar surface area (TPSA) is 54.0 Å². The Balaban J connectivity index is 1.32. The van der Waals surface area contributed by atoms with Gasteiger partial charge in [-0.3, -0.25) is 4.79 Å². The molecule has 0 spiro atoms. The van der Waals surface area contributed by atoms with Gasteiger partial charge in [-0.15, -0.1) is 0 Å². The second-order valence-corrected chi connectivity index (χ2v) is 7.28. The number of Topliss-reactive ketones (excluding diaryl/α,β-unsaturated/α-hetero) is 1. The first kappa shape index (κ1) is 19.0. The molecule has 2 aliphatic heterocycles. The smallest absolute Gasteiger partial charge is 0.231 e. The molecule has 0 unspecified atom stereocenters. The highest BCUT2D eigenvalue weighted by molar-refractivity contribution is 6.12. The summed E-state index contributed by atoms with van der Waals surface area (Å²) >= 11 is 0. The predicted molar refractivity (Wildman–Crippen MR) is 117 cm³/mol. The molecule has 31 heavy (non-hydrogen) atoms. The van der Waals surface area contributed by atoms with E-state index in [2.05, 4.69) is 0 Å². The van der Waals surface area contributed by atoms with Crippen LogP contribution in [0, 0.1) is 0 Å². The van der Waals surface area contributed by atoms with Crippen molar-refractivity contribution in [3.63, 3.8) is 0 Å². The number of ether oxygens (including phenoxy) is 4. The molecule has 0 N–H and O–H groups in total. The van der Waals surface area contributed by atoms with Gasteiger partial charge in [0.1, 0.15) is 36.2 Å². The number of hydrogen-bond acceptors (Lipinski definition) is 5. The molecule has 0 fully saturated rings. The minimum Gasteiger partial charge on any atom is -0.497 e. The molecular weight excluding hydrogens is 392 g/mol. The van der Waals surface area contributed by atoms with Crippen molar-refractivity contribution in [2.24, 2.45) is 0 Å². The van der Waals surface area contributed by atoms with E-state index in [-0.39, 0.29) is 11.5 Å². The number of hydrogen-bond donors (Lipinski definition) is 0. The standard InChI is InChI=1S/C26H20O5/c1-28-20-7-4-5-17(12-20)15-29-21-9-10-22-24(14-21)31-25(26(22)27)13-18-11-19-6-2-3-8-23(19)30-16-18/h2-14H,15-16H2,1H3. The summed E-state index contributed by atoms with van der Waals surface area (Å²) in [6.07, 6.45) is 3.75. The van der Waals surface area contributed by atoms with E-state index in [1.54, 1.807) is 31.4 Å². The zero-order valence-electron chi connectivity index (χ0n) is 17.0. The summed E-state index contributed by atoms with van der Waals surface area (Å²) in [4.78, 5) is 12.8. The van der Waals surface area contributed by atoms with Gasteiger partial charge in [-0.2, -0.15) is 0 Å². The number of rotatable bonds is 5. The fourth-order valence-electron chi connectivity index (χ4n) is 3.57. The number of methoxy groups -OCH3 is 1. The molecule has 0 saturated heterocycles. The van der Waals surface area contributed by atoms with E-state index in [0.29, 0.717) is 30.3 Å². The number of para-hydroxylation sites is 1. The molecule has 2 aliphatic rings. The summed E-state index contributed by atoms with van der Waals surface area (Å²) in [5.41, 5.74) is 3.38. The van der Waals surface area contributed by atoms with Crippen LogP contribution < -0.4 is 18.9 Å². The maximum Gasteiger partial charge on any atom is 0.231 e. The predicted octanol–water partition coefficient (Wildman–Crippen LogP) is 5.21. The van der Waals surface area contributed by atoms with Gasteiger partial charge in [0, 0.05) is 11.6 Å². The Hall–Kier alpha value is -3.99. The normalized spacial score (nSPS) is 15.5. The minimum atomic E-state index is -0.144. The molecule has 0 atom stereocenters. The number of fused-ring (bicyclic) bond motifs is 2. The van der Waals surface area contributed by atoms with Crippen molar-refractivity contribution < 1.29 is 23.7 Å². The molecule has 0 radical (unpaired) electrons. The Labute approximate surface area is 180 Å². The molecule has 0 aromatic heterocycles. The molecule has 2 heterocycles. The Morgan fingerprint density at radius 3 is 2.77 bits per heavy atom. The van der Waals surface area contributed by atoms with E-state index in [0.717, 1.165) is 28.2 Å². The summed E-state index contributed by atoms with van der Waals surface area (Å²) in [6, 6.07) is 20.7. The highest BCUT2D eigenvalue weighted by Crippen LogP contribution is 2.35. The monoisotopic (exact) mass is 412 g/mol. The highest BCUT2D eigenvalue weighted by Gasteiger charge is 2.28. The Kier molecular flexibility index (Phi) is 4.92. The summed E-state index contributed by atoms with van der Waals surface area (Å²) in [5, 5.41) is 0. The number of carbonyl (C=O) groups excluding carboxylic acids is 1. The van der Waals surface area contributed by atoms with Gasteiger partial charge in [0.15, 0.2) is 5.76 Å². The first-order valence-electron chi connectivity index (χ1n) is 9.96. The lowest BCUT2D eigenvalue weighted by Crippen LogP contribution is -2.08. The third kappa shape index (κ3) is 3.90. The van der Waals surface area contributed by atoms with Crippen LogP contribution in [-0.4, -0.2) is 19.5 Å². The van der Waals surface area contributed by atoms with Crippen molar-refractivity contribution in [2.45, 2.75) is 6.61 Å².